The lowest BCUT2D eigenvalue weighted by atomic mass is 10.1. The molecule has 1 aromatic heterocycles. The number of carbonyl (C=O) groups is 2. The molecule has 29 heavy (non-hydrogen) atoms. The fourth-order valence-electron chi connectivity index (χ4n) is 3.22. The van der Waals surface area contributed by atoms with Crippen molar-refractivity contribution in [1.82, 2.24) is 14.8 Å². The van der Waals surface area contributed by atoms with Crippen molar-refractivity contribution >= 4 is 11.9 Å². The van der Waals surface area contributed by atoms with Crippen molar-refractivity contribution in [2.24, 2.45) is 0 Å². The molecule has 158 valence electrons. The summed E-state index contributed by atoms with van der Waals surface area (Å²) in [5, 5.41) is 2.93. The molecule has 0 saturated heterocycles. The lowest BCUT2D eigenvalue weighted by Gasteiger charge is -2.18. The number of benzene rings is 1. The van der Waals surface area contributed by atoms with E-state index < -0.39 is 5.97 Å². The van der Waals surface area contributed by atoms with Crippen LogP contribution in [0.15, 0.2) is 30.3 Å². The van der Waals surface area contributed by atoms with Crippen molar-refractivity contribution in [3.05, 3.63) is 47.4 Å². The van der Waals surface area contributed by atoms with Gasteiger partial charge in [-0.15, -0.1) is 0 Å². The van der Waals surface area contributed by atoms with Crippen molar-refractivity contribution in [1.29, 1.82) is 0 Å². The molecule has 0 fully saturated rings. The van der Waals surface area contributed by atoms with Crippen LogP contribution in [0.25, 0.3) is 11.3 Å². The Labute approximate surface area is 171 Å². The summed E-state index contributed by atoms with van der Waals surface area (Å²) in [6.45, 7) is 11.2. The first-order chi connectivity index (χ1) is 13.9. The Morgan fingerprint density at radius 3 is 2.38 bits per heavy atom. The second-order valence-corrected chi connectivity index (χ2v) is 6.72. The average molecular weight is 403 g/mol. The molecule has 0 unspecified atom stereocenters. The summed E-state index contributed by atoms with van der Waals surface area (Å²) in [6, 6.07) is 7.68. The summed E-state index contributed by atoms with van der Waals surface area (Å²) < 4.78 is 20.2. The van der Waals surface area contributed by atoms with E-state index in [0.717, 1.165) is 25.2 Å². The molecule has 1 aromatic carbocycles. The standard InChI is InChI=1S/C22H30FN3O3/c1-5-25(6-2)13-12-24-21(27)15-26-16(4)19(22(28)29-7-3)14-20(26)17-8-10-18(23)11-9-17/h8-11,14H,5-7,12-13,15H2,1-4H3,(H,24,27). The zero-order chi connectivity index (χ0) is 21.4. The molecule has 0 aliphatic rings. The Morgan fingerprint density at radius 1 is 1.14 bits per heavy atom. The highest BCUT2D eigenvalue weighted by molar-refractivity contribution is 5.93. The van der Waals surface area contributed by atoms with Crippen molar-refractivity contribution in [3.63, 3.8) is 0 Å². The SMILES string of the molecule is CCOC(=O)c1cc(-c2ccc(F)cc2)n(CC(=O)NCCN(CC)CC)c1C. The Kier molecular flexibility index (Phi) is 8.39. The van der Waals surface area contributed by atoms with Gasteiger partial charge >= 0.3 is 5.97 Å². The topological polar surface area (TPSA) is 63.6 Å². The van der Waals surface area contributed by atoms with E-state index in [4.69, 9.17) is 4.74 Å². The molecule has 0 aliphatic carbocycles. The summed E-state index contributed by atoms with van der Waals surface area (Å²) in [7, 11) is 0. The maximum absolute atomic E-state index is 13.3. The first kappa shape index (κ1) is 22.6. The van der Waals surface area contributed by atoms with Gasteiger partial charge in [-0.2, -0.15) is 0 Å². The summed E-state index contributed by atoms with van der Waals surface area (Å²) in [5.74, 6) is -0.924. The predicted octanol–water partition coefficient (Wildman–Crippen LogP) is 3.24. The summed E-state index contributed by atoms with van der Waals surface area (Å²) in [6.07, 6.45) is 0. The van der Waals surface area contributed by atoms with Gasteiger partial charge in [0.05, 0.1) is 12.2 Å². The van der Waals surface area contributed by atoms with Crippen LogP contribution in [0, 0.1) is 12.7 Å². The van der Waals surface area contributed by atoms with Crippen LogP contribution in [0.4, 0.5) is 4.39 Å². The van der Waals surface area contributed by atoms with Crippen molar-refractivity contribution in [3.8, 4) is 11.3 Å². The van der Waals surface area contributed by atoms with E-state index >= 15 is 0 Å². The maximum atomic E-state index is 13.3. The number of hydrogen-bond donors (Lipinski definition) is 1. The molecule has 0 spiro atoms. The molecule has 6 nitrogen and oxygen atoms in total. The van der Waals surface area contributed by atoms with Crippen molar-refractivity contribution in [2.75, 3.05) is 32.8 Å². The van der Waals surface area contributed by atoms with Crippen LogP contribution in [0.2, 0.25) is 0 Å². The van der Waals surface area contributed by atoms with E-state index in [-0.39, 0.29) is 24.9 Å². The fraction of sp³-hybridized carbons (Fsp3) is 0.455. The van der Waals surface area contributed by atoms with E-state index in [1.165, 1.54) is 12.1 Å². The first-order valence-electron chi connectivity index (χ1n) is 10.0. The second-order valence-electron chi connectivity index (χ2n) is 6.72. The van der Waals surface area contributed by atoms with Crippen LogP contribution in [0.3, 0.4) is 0 Å². The number of amides is 1. The number of esters is 1. The van der Waals surface area contributed by atoms with Gasteiger partial charge in [0.15, 0.2) is 0 Å². The molecule has 0 radical (unpaired) electrons. The lowest BCUT2D eigenvalue weighted by Crippen LogP contribution is -2.36. The Balaban J connectivity index is 2.25. The minimum atomic E-state index is -0.436. The fourth-order valence-corrected chi connectivity index (χ4v) is 3.22. The van der Waals surface area contributed by atoms with Gasteiger partial charge in [0, 0.05) is 24.5 Å². The highest BCUT2D eigenvalue weighted by Gasteiger charge is 2.21. The number of likely N-dealkylation sites (N-methyl/N-ethyl adjacent to an activating group) is 1. The second kappa shape index (κ2) is 10.8. The van der Waals surface area contributed by atoms with Crippen LogP contribution in [-0.2, 0) is 16.1 Å². The van der Waals surface area contributed by atoms with Gasteiger partial charge in [0.25, 0.3) is 0 Å². The number of aromatic nitrogens is 1. The summed E-state index contributed by atoms with van der Waals surface area (Å²) >= 11 is 0. The average Bonchev–Trinajstić information content (AvgIpc) is 3.02. The summed E-state index contributed by atoms with van der Waals surface area (Å²) in [4.78, 5) is 27.1. The van der Waals surface area contributed by atoms with E-state index in [2.05, 4.69) is 24.1 Å². The summed E-state index contributed by atoms with van der Waals surface area (Å²) in [5.41, 5.74) is 2.44. The van der Waals surface area contributed by atoms with Crippen LogP contribution in [0.1, 0.15) is 36.8 Å². The van der Waals surface area contributed by atoms with E-state index in [1.807, 2.05) is 0 Å². The largest absolute Gasteiger partial charge is 0.462 e. The van der Waals surface area contributed by atoms with Crippen LogP contribution < -0.4 is 5.32 Å². The maximum Gasteiger partial charge on any atom is 0.339 e. The third-order valence-electron chi connectivity index (χ3n) is 4.95. The van der Waals surface area contributed by atoms with Crippen LogP contribution in [0.5, 0.6) is 0 Å². The van der Waals surface area contributed by atoms with Crippen molar-refractivity contribution in [2.45, 2.75) is 34.2 Å². The molecule has 2 aromatic rings. The molecular weight excluding hydrogens is 373 g/mol. The lowest BCUT2D eigenvalue weighted by molar-refractivity contribution is -0.121. The normalized spacial score (nSPS) is 11.0. The number of nitrogens with one attached hydrogen (secondary N) is 1. The molecule has 1 amide bonds. The van der Waals surface area contributed by atoms with Crippen LogP contribution >= 0.6 is 0 Å². The highest BCUT2D eigenvalue weighted by atomic mass is 19.1. The zero-order valence-corrected chi connectivity index (χ0v) is 17.6. The molecule has 1 heterocycles. The van der Waals surface area contributed by atoms with E-state index in [1.54, 1.807) is 36.6 Å². The number of ether oxygens (including phenoxy) is 1. The number of carbonyl (C=O) groups excluding carboxylic acids is 2. The quantitative estimate of drug-likeness (QED) is 0.619. The van der Waals surface area contributed by atoms with E-state index in [0.29, 0.717) is 23.5 Å². The molecular formula is C22H30FN3O3. The molecule has 7 heteroatoms. The van der Waals surface area contributed by atoms with Gasteiger partial charge in [-0.25, -0.2) is 9.18 Å². The predicted molar refractivity (Wildman–Crippen MR) is 111 cm³/mol. The number of hydrogen-bond acceptors (Lipinski definition) is 4. The Morgan fingerprint density at radius 2 is 1.79 bits per heavy atom. The van der Waals surface area contributed by atoms with Gasteiger partial charge in [-0.05, 0) is 62.8 Å². The minimum absolute atomic E-state index is 0.0657. The Hall–Kier alpha value is -2.67. The first-order valence-corrected chi connectivity index (χ1v) is 10.0. The van der Waals surface area contributed by atoms with Crippen molar-refractivity contribution < 1.29 is 18.7 Å². The smallest absolute Gasteiger partial charge is 0.339 e. The highest BCUT2D eigenvalue weighted by Crippen LogP contribution is 2.27. The monoisotopic (exact) mass is 403 g/mol. The van der Waals surface area contributed by atoms with Gasteiger partial charge in [-0.1, -0.05) is 13.8 Å². The molecule has 0 atom stereocenters. The van der Waals surface area contributed by atoms with Crippen LogP contribution in [-0.4, -0.2) is 54.1 Å². The van der Waals surface area contributed by atoms with E-state index in [9.17, 15) is 14.0 Å². The number of halogens is 1. The minimum Gasteiger partial charge on any atom is -0.462 e. The molecule has 1 N–H and O–H groups in total. The number of rotatable bonds is 10. The number of nitrogens with zero attached hydrogens (tertiary/aromatic N) is 2. The van der Waals surface area contributed by atoms with Gasteiger partial charge in [-0.3, -0.25) is 4.79 Å². The van der Waals surface area contributed by atoms with Gasteiger partial charge < -0.3 is 19.5 Å². The van der Waals surface area contributed by atoms with Gasteiger partial charge in [0.1, 0.15) is 12.4 Å². The zero-order valence-electron chi connectivity index (χ0n) is 17.6. The molecule has 0 aliphatic heterocycles. The molecule has 0 saturated carbocycles. The Bertz CT molecular complexity index is 827. The third-order valence-corrected chi connectivity index (χ3v) is 4.95. The molecule has 0 bridgehead atoms. The molecule has 2 rings (SSSR count). The third kappa shape index (κ3) is 5.90. The van der Waals surface area contributed by atoms with Gasteiger partial charge in [0.2, 0.25) is 5.91 Å².